The number of hydrogen-bond acceptors (Lipinski definition) is 4. The standard InChI is InChI=1S/C30H25F4NO4/c1-2-3-4-5-15-38-22-12-9-18(10-13-22)26-25-27(36)23-17-20(31)11-14-24(23)39-28(25)29(37)35(26)21-8-6-7-19(16-21)30(32,33)34/h6-14,16-17,26H,2-5,15H2,1H3. The molecule has 0 fully saturated rings. The van der Waals surface area contributed by atoms with E-state index in [9.17, 15) is 27.2 Å². The highest BCUT2D eigenvalue weighted by Gasteiger charge is 2.44. The second-order valence-corrected chi connectivity index (χ2v) is 9.42. The predicted molar refractivity (Wildman–Crippen MR) is 139 cm³/mol. The van der Waals surface area contributed by atoms with E-state index in [-0.39, 0.29) is 28.0 Å². The van der Waals surface area contributed by atoms with Crippen molar-refractivity contribution in [3.8, 4) is 5.75 Å². The van der Waals surface area contributed by atoms with Gasteiger partial charge >= 0.3 is 6.18 Å². The molecule has 5 rings (SSSR count). The molecule has 3 aromatic carbocycles. The van der Waals surface area contributed by atoms with Crippen LogP contribution >= 0.6 is 0 Å². The maximum absolute atomic E-state index is 14.0. The van der Waals surface area contributed by atoms with E-state index in [0.29, 0.717) is 17.9 Å². The first kappa shape index (κ1) is 26.5. The van der Waals surface area contributed by atoms with E-state index in [4.69, 9.17) is 9.15 Å². The van der Waals surface area contributed by atoms with Gasteiger partial charge in [0.2, 0.25) is 5.76 Å². The van der Waals surface area contributed by atoms with Gasteiger partial charge in [0.15, 0.2) is 5.43 Å². The summed E-state index contributed by atoms with van der Waals surface area (Å²) in [4.78, 5) is 28.3. The van der Waals surface area contributed by atoms with Crippen molar-refractivity contribution in [1.29, 1.82) is 0 Å². The number of unbranched alkanes of at least 4 members (excludes halogenated alkanes) is 3. The summed E-state index contributed by atoms with van der Waals surface area (Å²) in [6.45, 7) is 2.65. The Labute approximate surface area is 221 Å². The van der Waals surface area contributed by atoms with Crippen molar-refractivity contribution in [2.75, 3.05) is 11.5 Å². The van der Waals surface area contributed by atoms with Gasteiger partial charge in [0.05, 0.1) is 29.2 Å². The van der Waals surface area contributed by atoms with E-state index in [1.54, 1.807) is 24.3 Å². The fourth-order valence-corrected chi connectivity index (χ4v) is 4.82. The lowest BCUT2D eigenvalue weighted by molar-refractivity contribution is -0.137. The smallest absolute Gasteiger partial charge is 0.416 e. The van der Waals surface area contributed by atoms with Crippen molar-refractivity contribution in [2.24, 2.45) is 0 Å². The van der Waals surface area contributed by atoms with Gasteiger partial charge in [-0.1, -0.05) is 44.4 Å². The molecule has 2 heterocycles. The minimum absolute atomic E-state index is 0.00460. The van der Waals surface area contributed by atoms with Crippen LogP contribution in [0.4, 0.5) is 23.2 Å². The molecule has 1 aliphatic heterocycles. The first-order valence-electron chi connectivity index (χ1n) is 12.7. The van der Waals surface area contributed by atoms with Crippen molar-refractivity contribution in [3.63, 3.8) is 0 Å². The number of benzene rings is 3. The predicted octanol–water partition coefficient (Wildman–Crippen LogP) is 7.66. The van der Waals surface area contributed by atoms with Gasteiger partial charge in [0.25, 0.3) is 5.91 Å². The van der Waals surface area contributed by atoms with Gasteiger partial charge in [0, 0.05) is 5.69 Å². The number of nitrogens with zero attached hydrogens (tertiary/aromatic N) is 1. The number of anilines is 1. The lowest BCUT2D eigenvalue weighted by atomic mass is 9.98. The molecule has 1 atom stereocenters. The van der Waals surface area contributed by atoms with Gasteiger partial charge in [0.1, 0.15) is 17.1 Å². The Morgan fingerprint density at radius 2 is 1.72 bits per heavy atom. The van der Waals surface area contributed by atoms with Crippen LogP contribution < -0.4 is 15.1 Å². The summed E-state index contributed by atoms with van der Waals surface area (Å²) in [7, 11) is 0. The highest BCUT2D eigenvalue weighted by atomic mass is 19.4. The summed E-state index contributed by atoms with van der Waals surface area (Å²) >= 11 is 0. The lowest BCUT2D eigenvalue weighted by Gasteiger charge is -2.26. The first-order chi connectivity index (χ1) is 18.7. The molecular formula is C30H25F4NO4. The first-order valence-corrected chi connectivity index (χ1v) is 12.7. The Hall–Kier alpha value is -4.14. The van der Waals surface area contributed by atoms with Crippen molar-refractivity contribution < 1.29 is 31.5 Å². The Kier molecular flexibility index (Phi) is 7.16. The van der Waals surface area contributed by atoms with Gasteiger partial charge in [-0.05, 0) is 60.5 Å². The van der Waals surface area contributed by atoms with E-state index in [1.165, 1.54) is 18.2 Å². The molecule has 0 saturated heterocycles. The summed E-state index contributed by atoms with van der Waals surface area (Å²) in [5.41, 5.74) is -1.23. The van der Waals surface area contributed by atoms with Crippen LogP contribution in [0.3, 0.4) is 0 Å². The third-order valence-corrected chi connectivity index (χ3v) is 6.75. The molecule has 1 aromatic heterocycles. The molecule has 202 valence electrons. The molecule has 4 aromatic rings. The van der Waals surface area contributed by atoms with Crippen molar-refractivity contribution >= 4 is 22.6 Å². The highest BCUT2D eigenvalue weighted by molar-refractivity contribution is 6.10. The van der Waals surface area contributed by atoms with Crippen LogP contribution in [0.1, 0.15) is 65.9 Å². The van der Waals surface area contributed by atoms with Crippen LogP contribution in [0.5, 0.6) is 5.75 Å². The van der Waals surface area contributed by atoms with Gasteiger partial charge in [-0.15, -0.1) is 0 Å². The number of hydrogen-bond donors (Lipinski definition) is 0. The Bertz CT molecular complexity index is 1580. The fraction of sp³-hybridized carbons (Fsp3) is 0.267. The SMILES string of the molecule is CCCCCCOc1ccc(C2c3c(oc4ccc(F)cc4c3=O)C(=O)N2c2cccc(C(F)(F)F)c2)cc1. The molecular weight excluding hydrogens is 514 g/mol. The molecule has 0 N–H and O–H groups in total. The van der Waals surface area contributed by atoms with Gasteiger partial charge < -0.3 is 9.15 Å². The topological polar surface area (TPSA) is 59.8 Å². The monoisotopic (exact) mass is 539 g/mol. The number of fused-ring (bicyclic) bond motifs is 2. The summed E-state index contributed by atoms with van der Waals surface area (Å²) in [6, 6.07) is 13.3. The van der Waals surface area contributed by atoms with E-state index >= 15 is 0 Å². The molecule has 1 amide bonds. The minimum Gasteiger partial charge on any atom is -0.494 e. The third-order valence-electron chi connectivity index (χ3n) is 6.75. The molecule has 0 aliphatic carbocycles. The van der Waals surface area contributed by atoms with E-state index in [1.807, 2.05) is 0 Å². The van der Waals surface area contributed by atoms with Crippen molar-refractivity contribution in [1.82, 2.24) is 0 Å². The molecule has 0 bridgehead atoms. The zero-order chi connectivity index (χ0) is 27.7. The number of ether oxygens (including phenoxy) is 1. The average Bonchev–Trinajstić information content (AvgIpc) is 3.21. The maximum atomic E-state index is 14.0. The molecule has 39 heavy (non-hydrogen) atoms. The van der Waals surface area contributed by atoms with Gasteiger partial charge in [-0.2, -0.15) is 13.2 Å². The molecule has 1 unspecified atom stereocenters. The average molecular weight is 540 g/mol. The summed E-state index contributed by atoms with van der Waals surface area (Å²) in [5.74, 6) is -1.14. The van der Waals surface area contributed by atoms with Crippen LogP contribution in [-0.4, -0.2) is 12.5 Å². The molecule has 1 aliphatic rings. The number of halogens is 4. The Balaban J connectivity index is 1.60. The normalized spacial score (nSPS) is 15.2. The van der Waals surface area contributed by atoms with Crippen LogP contribution in [0, 0.1) is 5.82 Å². The van der Waals surface area contributed by atoms with Crippen molar-refractivity contribution in [3.05, 3.63) is 105 Å². The Morgan fingerprint density at radius 1 is 0.949 bits per heavy atom. The van der Waals surface area contributed by atoms with Crippen LogP contribution in [0.2, 0.25) is 0 Å². The number of carbonyl (C=O) groups is 1. The van der Waals surface area contributed by atoms with Crippen LogP contribution in [-0.2, 0) is 6.18 Å². The van der Waals surface area contributed by atoms with Crippen LogP contribution in [0.15, 0.2) is 75.9 Å². The van der Waals surface area contributed by atoms with E-state index in [2.05, 4.69) is 6.92 Å². The summed E-state index contributed by atoms with van der Waals surface area (Å²) < 4.78 is 66.1. The summed E-state index contributed by atoms with van der Waals surface area (Å²) in [6.07, 6.45) is -0.476. The highest BCUT2D eigenvalue weighted by Crippen LogP contribution is 2.43. The fourth-order valence-electron chi connectivity index (χ4n) is 4.82. The number of rotatable bonds is 8. The second kappa shape index (κ2) is 10.6. The van der Waals surface area contributed by atoms with Crippen LogP contribution in [0.25, 0.3) is 11.0 Å². The number of carbonyl (C=O) groups excluding carboxylic acids is 1. The lowest BCUT2D eigenvalue weighted by Crippen LogP contribution is -2.29. The minimum atomic E-state index is -4.64. The molecule has 0 radical (unpaired) electrons. The second-order valence-electron chi connectivity index (χ2n) is 9.42. The van der Waals surface area contributed by atoms with E-state index in [0.717, 1.165) is 54.8 Å². The Morgan fingerprint density at radius 3 is 2.44 bits per heavy atom. The molecule has 0 saturated carbocycles. The number of amides is 1. The third kappa shape index (κ3) is 5.13. The molecule has 5 nitrogen and oxygen atoms in total. The zero-order valence-electron chi connectivity index (χ0n) is 21.1. The van der Waals surface area contributed by atoms with Gasteiger partial charge in [-0.25, -0.2) is 4.39 Å². The molecule has 9 heteroatoms. The van der Waals surface area contributed by atoms with Gasteiger partial charge in [-0.3, -0.25) is 14.5 Å². The zero-order valence-corrected chi connectivity index (χ0v) is 21.1. The maximum Gasteiger partial charge on any atom is 0.416 e. The van der Waals surface area contributed by atoms with Crippen molar-refractivity contribution in [2.45, 2.75) is 44.8 Å². The quantitative estimate of drug-likeness (QED) is 0.170. The summed E-state index contributed by atoms with van der Waals surface area (Å²) in [5, 5.41) is -0.0653. The molecule has 0 spiro atoms. The van der Waals surface area contributed by atoms with E-state index < -0.39 is 34.9 Å². The number of alkyl halides is 3. The largest absolute Gasteiger partial charge is 0.494 e.